The van der Waals surface area contributed by atoms with E-state index in [1.54, 1.807) is 13.0 Å². The van der Waals surface area contributed by atoms with Gasteiger partial charge in [0.05, 0.1) is 26.1 Å². The van der Waals surface area contributed by atoms with Crippen LogP contribution in [0.5, 0.6) is 0 Å². The number of nitrogens with zero attached hydrogens (tertiary/aromatic N) is 1. The topological polar surface area (TPSA) is 156 Å². The zero-order valence-corrected chi connectivity index (χ0v) is 19.8. The number of halogens is 1. The second-order valence-electron chi connectivity index (χ2n) is 7.21. The Morgan fingerprint density at radius 1 is 1.33 bits per heavy atom. The lowest BCUT2D eigenvalue weighted by Gasteiger charge is -2.24. The van der Waals surface area contributed by atoms with Crippen LogP contribution in [0.1, 0.15) is 28.6 Å². The fourth-order valence-electron chi connectivity index (χ4n) is 3.46. The molecule has 0 aliphatic carbocycles. The number of benzene rings is 1. The van der Waals surface area contributed by atoms with E-state index in [2.05, 4.69) is 10.0 Å². The summed E-state index contributed by atoms with van der Waals surface area (Å²) in [6, 6.07) is 5.49. The van der Waals surface area contributed by atoms with Crippen molar-refractivity contribution in [1.29, 1.82) is 0 Å². The maximum absolute atomic E-state index is 13.1. The van der Waals surface area contributed by atoms with Gasteiger partial charge in [0.2, 0.25) is 10.0 Å². The number of aliphatic carboxylic acids is 1. The smallest absolute Gasteiger partial charge is 0.261 e. The number of aliphatic hydroxyl groups excluding tert-OH is 1. The summed E-state index contributed by atoms with van der Waals surface area (Å²) < 4.78 is 28.6. The van der Waals surface area contributed by atoms with E-state index in [1.165, 1.54) is 29.2 Å². The van der Waals surface area contributed by atoms with Crippen molar-refractivity contribution in [2.45, 2.75) is 36.8 Å². The van der Waals surface area contributed by atoms with E-state index in [4.69, 9.17) is 11.6 Å². The SMILES string of the molecule is CCc1c(N2CC[C@H](O)C2=O)cccc1S(=O)(=O)N[C@@H](CNC(=O)c1ccc(Cl)s1)C(=O)[O-]. The van der Waals surface area contributed by atoms with Gasteiger partial charge in [0.15, 0.2) is 0 Å². The van der Waals surface area contributed by atoms with Crippen molar-refractivity contribution in [3.8, 4) is 0 Å². The Kier molecular flexibility index (Phi) is 7.75. The van der Waals surface area contributed by atoms with E-state index < -0.39 is 46.5 Å². The molecule has 13 heteroatoms. The number of carbonyl (C=O) groups excluding carboxylic acids is 3. The van der Waals surface area contributed by atoms with Gasteiger partial charge in [-0.15, -0.1) is 11.3 Å². The molecular weight excluding hydrogens is 494 g/mol. The molecule has 2 aromatic rings. The summed E-state index contributed by atoms with van der Waals surface area (Å²) in [6.45, 7) is 1.36. The number of amides is 2. The van der Waals surface area contributed by atoms with E-state index in [1.807, 2.05) is 0 Å². The van der Waals surface area contributed by atoms with Crippen LogP contribution in [0, 0.1) is 0 Å². The van der Waals surface area contributed by atoms with Crippen molar-refractivity contribution in [3.05, 3.63) is 45.1 Å². The molecule has 178 valence electrons. The van der Waals surface area contributed by atoms with Gasteiger partial charge >= 0.3 is 0 Å². The Bertz CT molecular complexity index is 1180. The first-order chi connectivity index (χ1) is 15.5. The highest BCUT2D eigenvalue weighted by molar-refractivity contribution is 7.89. The average molecular weight is 515 g/mol. The highest BCUT2D eigenvalue weighted by atomic mass is 35.5. The first-order valence-corrected chi connectivity index (χ1v) is 12.6. The minimum Gasteiger partial charge on any atom is -0.548 e. The normalized spacial score (nSPS) is 17.2. The summed E-state index contributed by atoms with van der Waals surface area (Å²) in [6.07, 6.45) is -0.713. The van der Waals surface area contributed by atoms with Crippen molar-refractivity contribution >= 4 is 56.4 Å². The van der Waals surface area contributed by atoms with Gasteiger partial charge in [-0.05, 0) is 36.2 Å². The lowest BCUT2D eigenvalue weighted by Crippen LogP contribution is -2.53. The molecule has 33 heavy (non-hydrogen) atoms. The quantitative estimate of drug-likeness (QED) is 0.421. The van der Waals surface area contributed by atoms with Crippen LogP contribution < -0.4 is 20.0 Å². The monoisotopic (exact) mass is 514 g/mol. The van der Waals surface area contributed by atoms with Crippen LogP contribution in [0.3, 0.4) is 0 Å². The van der Waals surface area contributed by atoms with Gasteiger partial charge in [0.1, 0.15) is 6.10 Å². The Morgan fingerprint density at radius 3 is 2.61 bits per heavy atom. The van der Waals surface area contributed by atoms with Crippen LogP contribution in [0.25, 0.3) is 0 Å². The van der Waals surface area contributed by atoms with E-state index in [9.17, 15) is 33.0 Å². The number of carboxylic acids is 1. The minimum atomic E-state index is -4.38. The maximum Gasteiger partial charge on any atom is 0.261 e. The molecule has 3 N–H and O–H groups in total. The number of thiophene rings is 1. The van der Waals surface area contributed by atoms with Crippen LogP contribution in [0.2, 0.25) is 4.34 Å². The van der Waals surface area contributed by atoms with Gasteiger partial charge < -0.3 is 25.2 Å². The Morgan fingerprint density at radius 2 is 2.06 bits per heavy atom. The molecule has 1 fully saturated rings. The molecule has 3 rings (SSSR count). The summed E-state index contributed by atoms with van der Waals surface area (Å²) in [4.78, 5) is 37.3. The van der Waals surface area contributed by atoms with E-state index >= 15 is 0 Å². The first-order valence-electron chi connectivity index (χ1n) is 9.93. The third kappa shape index (κ3) is 5.53. The number of sulfonamides is 1. The molecule has 0 spiro atoms. The number of hydrogen-bond acceptors (Lipinski definition) is 8. The molecule has 2 heterocycles. The zero-order chi connectivity index (χ0) is 24.3. The molecule has 1 aromatic carbocycles. The largest absolute Gasteiger partial charge is 0.548 e. The zero-order valence-electron chi connectivity index (χ0n) is 17.4. The van der Waals surface area contributed by atoms with Gasteiger partial charge in [-0.2, -0.15) is 0 Å². The first kappa shape index (κ1) is 25.1. The molecule has 0 bridgehead atoms. The van der Waals surface area contributed by atoms with Crippen molar-refractivity contribution < 1.29 is 33.0 Å². The van der Waals surface area contributed by atoms with E-state index in [0.717, 1.165) is 11.3 Å². The Balaban J connectivity index is 1.83. The summed E-state index contributed by atoms with van der Waals surface area (Å²) in [7, 11) is -4.38. The predicted molar refractivity (Wildman–Crippen MR) is 120 cm³/mol. The second kappa shape index (κ2) is 10.2. The summed E-state index contributed by atoms with van der Waals surface area (Å²) in [5.74, 6) is -2.87. The molecule has 1 aliphatic heterocycles. The lowest BCUT2D eigenvalue weighted by molar-refractivity contribution is -0.307. The van der Waals surface area contributed by atoms with Crippen molar-refractivity contribution in [2.24, 2.45) is 0 Å². The van der Waals surface area contributed by atoms with Crippen LogP contribution in [-0.4, -0.2) is 56.5 Å². The Labute approximate surface area is 199 Å². The molecule has 2 atom stereocenters. The number of nitrogens with one attached hydrogen (secondary N) is 2. The number of carboxylic acid groups (broad SMARTS) is 1. The standard InChI is InChI=1S/C20H22ClN3O7S2/c1-2-11-13(24-9-8-14(25)19(24)27)4-3-5-16(11)33(30,31)23-12(20(28)29)10-22-18(26)15-6-7-17(21)32-15/h3-7,12,14,23,25H,2,8-10H2,1H3,(H,22,26)(H,28,29)/p-1/t12-,14-/m0/s1. The number of anilines is 1. The second-order valence-corrected chi connectivity index (χ2v) is 10.6. The molecule has 0 unspecified atom stereocenters. The minimum absolute atomic E-state index is 0.209. The van der Waals surface area contributed by atoms with Gasteiger partial charge in [-0.3, -0.25) is 9.59 Å². The van der Waals surface area contributed by atoms with E-state index in [-0.39, 0.29) is 29.2 Å². The van der Waals surface area contributed by atoms with Crippen LogP contribution in [0.4, 0.5) is 5.69 Å². The maximum atomic E-state index is 13.1. The third-order valence-corrected chi connectivity index (χ3v) is 7.85. The summed E-state index contributed by atoms with van der Waals surface area (Å²) in [5, 5.41) is 23.7. The van der Waals surface area contributed by atoms with Crippen LogP contribution >= 0.6 is 22.9 Å². The van der Waals surface area contributed by atoms with Gasteiger partial charge in [-0.1, -0.05) is 24.6 Å². The number of aliphatic hydroxyl groups is 1. The fourth-order valence-corrected chi connectivity index (χ4v) is 5.93. The molecule has 1 saturated heterocycles. The predicted octanol–water partition coefficient (Wildman–Crippen LogP) is -0.112. The molecular formula is C20H21ClN3O7S2-. The highest BCUT2D eigenvalue weighted by Gasteiger charge is 2.33. The van der Waals surface area contributed by atoms with Gasteiger partial charge in [-0.25, -0.2) is 13.1 Å². The highest BCUT2D eigenvalue weighted by Crippen LogP contribution is 2.31. The molecule has 2 amide bonds. The average Bonchev–Trinajstić information content (AvgIpc) is 3.35. The number of carbonyl (C=O) groups is 3. The number of rotatable bonds is 9. The summed E-state index contributed by atoms with van der Waals surface area (Å²) >= 11 is 6.77. The van der Waals surface area contributed by atoms with Crippen molar-refractivity contribution in [1.82, 2.24) is 10.0 Å². The van der Waals surface area contributed by atoms with Gasteiger partial charge in [0, 0.05) is 25.2 Å². The van der Waals surface area contributed by atoms with Crippen LogP contribution in [0.15, 0.2) is 35.2 Å². The van der Waals surface area contributed by atoms with Crippen LogP contribution in [-0.2, 0) is 26.0 Å². The third-order valence-electron chi connectivity index (χ3n) is 5.07. The molecule has 1 aliphatic rings. The lowest BCUT2D eigenvalue weighted by atomic mass is 10.1. The summed E-state index contributed by atoms with van der Waals surface area (Å²) in [5.41, 5.74) is 0.622. The van der Waals surface area contributed by atoms with Gasteiger partial charge in [0.25, 0.3) is 11.8 Å². The van der Waals surface area contributed by atoms with E-state index in [0.29, 0.717) is 15.6 Å². The van der Waals surface area contributed by atoms with Crippen molar-refractivity contribution in [3.63, 3.8) is 0 Å². The Hall–Kier alpha value is -2.51. The molecule has 1 aromatic heterocycles. The van der Waals surface area contributed by atoms with Crippen molar-refractivity contribution in [2.75, 3.05) is 18.0 Å². The fraction of sp³-hybridized carbons (Fsp3) is 0.350. The molecule has 0 saturated carbocycles. The number of hydrogen-bond donors (Lipinski definition) is 3. The molecule has 10 nitrogen and oxygen atoms in total. The molecule has 0 radical (unpaired) electrons.